The Morgan fingerprint density at radius 2 is 2.25 bits per heavy atom. The number of para-hydroxylation sites is 1. The van der Waals surface area contributed by atoms with Crippen molar-refractivity contribution in [2.45, 2.75) is 0 Å². The quantitative estimate of drug-likeness (QED) is 0.672. The van der Waals surface area contributed by atoms with Crippen molar-refractivity contribution in [3.8, 4) is 0 Å². The Morgan fingerprint density at radius 1 is 1.42 bits per heavy atom. The van der Waals surface area contributed by atoms with E-state index in [-0.39, 0.29) is 5.56 Å². The standard InChI is InChI=1S/C8H5N2O.Rh/c11-8-6-3-1-2-4-7(6)9-5-10-8;/h1-3,5H,(H,9,10,11);. The Balaban J connectivity index is 3.05. The SMILES string of the molecule is O=c1[nH]cnc2[c]([Rh])cccc12. The molecular weight excluding hydrogens is 243 g/mol. The molecule has 1 heterocycles. The van der Waals surface area contributed by atoms with Crippen molar-refractivity contribution in [2.75, 3.05) is 0 Å². The second-order valence-electron chi connectivity index (χ2n) is 2.34. The van der Waals surface area contributed by atoms with E-state index in [0.717, 1.165) is 9.67 Å². The summed E-state index contributed by atoms with van der Waals surface area (Å²) < 4.78 is 0.916. The van der Waals surface area contributed by atoms with Crippen LogP contribution in [0.15, 0.2) is 29.3 Å². The van der Waals surface area contributed by atoms with Gasteiger partial charge >= 0.3 is 78.2 Å². The van der Waals surface area contributed by atoms with Crippen molar-refractivity contribution in [3.05, 3.63) is 34.9 Å². The van der Waals surface area contributed by atoms with Crippen molar-refractivity contribution in [2.24, 2.45) is 0 Å². The first-order chi connectivity index (χ1) is 5.79. The molecule has 1 N–H and O–H groups in total. The molecule has 0 saturated carbocycles. The molecule has 62 valence electrons. The topological polar surface area (TPSA) is 45.8 Å². The van der Waals surface area contributed by atoms with Crippen LogP contribution < -0.4 is 9.72 Å². The molecule has 2 aromatic rings. The number of nitrogens with zero attached hydrogens (tertiary/aromatic N) is 1. The number of rotatable bonds is 0. The van der Waals surface area contributed by atoms with Crippen LogP contribution in [-0.2, 0) is 18.3 Å². The average molecular weight is 248 g/mol. The van der Waals surface area contributed by atoms with E-state index in [1.165, 1.54) is 6.33 Å². The molecule has 0 aliphatic carbocycles. The molecule has 0 aliphatic heterocycles. The van der Waals surface area contributed by atoms with E-state index in [2.05, 4.69) is 28.3 Å². The molecule has 0 atom stereocenters. The van der Waals surface area contributed by atoms with Crippen LogP contribution in [0.3, 0.4) is 0 Å². The zero-order valence-corrected chi connectivity index (χ0v) is 7.64. The summed E-state index contributed by atoms with van der Waals surface area (Å²) in [5, 5.41) is 0.623. The number of hydrogen-bond donors (Lipinski definition) is 1. The van der Waals surface area contributed by atoms with Gasteiger partial charge in [0.1, 0.15) is 0 Å². The third kappa shape index (κ3) is 1.08. The molecule has 0 aliphatic rings. The van der Waals surface area contributed by atoms with Crippen LogP contribution in [0.1, 0.15) is 0 Å². The number of aromatic amines is 1. The molecule has 1 aromatic heterocycles. The fourth-order valence-electron chi connectivity index (χ4n) is 1.05. The van der Waals surface area contributed by atoms with E-state index in [1.807, 2.05) is 12.1 Å². The van der Waals surface area contributed by atoms with E-state index in [9.17, 15) is 4.79 Å². The average Bonchev–Trinajstić information content (AvgIpc) is 2.07. The molecule has 12 heavy (non-hydrogen) atoms. The molecule has 0 radical (unpaired) electrons. The fraction of sp³-hybridized carbons (Fsp3) is 0. The van der Waals surface area contributed by atoms with Crippen molar-refractivity contribution >= 4 is 15.1 Å². The summed E-state index contributed by atoms with van der Waals surface area (Å²) in [4.78, 5) is 17.8. The van der Waals surface area contributed by atoms with E-state index >= 15 is 0 Å². The third-order valence-electron chi connectivity index (χ3n) is 1.60. The fourth-order valence-corrected chi connectivity index (χ4v) is 1.53. The van der Waals surface area contributed by atoms with Crippen LogP contribution in [0.5, 0.6) is 0 Å². The second kappa shape index (κ2) is 2.79. The van der Waals surface area contributed by atoms with E-state index in [4.69, 9.17) is 0 Å². The molecule has 4 heteroatoms. The molecule has 0 unspecified atom stereocenters. The normalized spacial score (nSPS) is 10.5. The maximum absolute atomic E-state index is 11.2. The van der Waals surface area contributed by atoms with Gasteiger partial charge in [-0.2, -0.15) is 0 Å². The third-order valence-corrected chi connectivity index (χ3v) is 2.26. The monoisotopic (exact) mass is 248 g/mol. The van der Waals surface area contributed by atoms with Crippen molar-refractivity contribution in [3.63, 3.8) is 0 Å². The second-order valence-corrected chi connectivity index (χ2v) is 3.23. The molecule has 0 spiro atoms. The Morgan fingerprint density at radius 3 is 3.00 bits per heavy atom. The van der Waals surface area contributed by atoms with Crippen molar-refractivity contribution < 1.29 is 18.3 Å². The maximum atomic E-state index is 11.2. The van der Waals surface area contributed by atoms with E-state index in [1.54, 1.807) is 6.07 Å². The van der Waals surface area contributed by atoms with Gasteiger partial charge in [0.15, 0.2) is 0 Å². The summed E-state index contributed by atoms with van der Waals surface area (Å²) in [6.45, 7) is 0. The molecule has 0 fully saturated rings. The number of hydrogen-bond acceptors (Lipinski definition) is 2. The zero-order chi connectivity index (χ0) is 8.55. The molecule has 0 saturated heterocycles. The molecule has 3 nitrogen and oxygen atoms in total. The summed E-state index contributed by atoms with van der Waals surface area (Å²) in [5.74, 6) is 0. The first kappa shape index (κ1) is 7.62. The predicted octanol–water partition coefficient (Wildman–Crippen LogP) is 0.0952. The van der Waals surface area contributed by atoms with Gasteiger partial charge in [-0.3, -0.25) is 0 Å². The van der Waals surface area contributed by atoms with Gasteiger partial charge in [0, 0.05) is 0 Å². The van der Waals surface area contributed by atoms with Crippen LogP contribution in [0.2, 0.25) is 0 Å². The van der Waals surface area contributed by atoms with Crippen LogP contribution in [0, 0.1) is 0 Å². The first-order valence-electron chi connectivity index (χ1n) is 3.39. The van der Waals surface area contributed by atoms with Gasteiger partial charge in [0.25, 0.3) is 0 Å². The van der Waals surface area contributed by atoms with Crippen LogP contribution in [0.25, 0.3) is 10.9 Å². The van der Waals surface area contributed by atoms with Gasteiger partial charge in [-0.15, -0.1) is 0 Å². The van der Waals surface area contributed by atoms with Crippen LogP contribution in [0.4, 0.5) is 0 Å². The first-order valence-corrected chi connectivity index (χ1v) is 4.20. The summed E-state index contributed by atoms with van der Waals surface area (Å²) in [7, 11) is 0. The van der Waals surface area contributed by atoms with Gasteiger partial charge in [0.05, 0.1) is 0 Å². The summed E-state index contributed by atoms with van der Waals surface area (Å²) in [6.07, 6.45) is 1.41. The number of benzene rings is 1. The van der Waals surface area contributed by atoms with Gasteiger partial charge < -0.3 is 0 Å². The van der Waals surface area contributed by atoms with Gasteiger partial charge in [0.2, 0.25) is 0 Å². The molecule has 2 rings (SSSR count). The van der Waals surface area contributed by atoms with Crippen LogP contribution >= 0.6 is 0 Å². The molecule has 0 amide bonds. The molecule has 1 aromatic carbocycles. The van der Waals surface area contributed by atoms with Gasteiger partial charge in [-0.25, -0.2) is 0 Å². The Bertz CT molecular complexity index is 478. The van der Waals surface area contributed by atoms with Gasteiger partial charge in [-0.1, -0.05) is 0 Å². The molecular formula is C8H5N2ORh. The van der Waals surface area contributed by atoms with Crippen molar-refractivity contribution in [1.29, 1.82) is 0 Å². The predicted molar refractivity (Wildman–Crippen MR) is 42.0 cm³/mol. The minimum absolute atomic E-state index is 0.0975. The Kier molecular flexibility index (Phi) is 1.77. The number of aromatic nitrogens is 2. The Hall–Kier alpha value is -1.02. The van der Waals surface area contributed by atoms with Gasteiger partial charge in [-0.05, 0) is 0 Å². The summed E-state index contributed by atoms with van der Waals surface area (Å²) in [6, 6.07) is 5.47. The minimum atomic E-state index is -0.0975. The number of nitrogens with one attached hydrogen (secondary N) is 1. The summed E-state index contributed by atoms with van der Waals surface area (Å²) in [5.41, 5.74) is 0.633. The number of H-pyrrole nitrogens is 1. The van der Waals surface area contributed by atoms with E-state index in [0.29, 0.717) is 5.39 Å². The summed E-state index contributed by atoms with van der Waals surface area (Å²) >= 11 is 2.75. The molecule has 0 bridgehead atoms. The number of fused-ring (bicyclic) bond motifs is 1. The van der Waals surface area contributed by atoms with Crippen LogP contribution in [-0.4, -0.2) is 9.97 Å². The Labute approximate surface area is 78.5 Å². The zero-order valence-electron chi connectivity index (χ0n) is 6.00. The van der Waals surface area contributed by atoms with E-state index < -0.39 is 0 Å². The van der Waals surface area contributed by atoms with Crippen molar-refractivity contribution in [1.82, 2.24) is 9.97 Å².